The third kappa shape index (κ3) is 2.97. The van der Waals surface area contributed by atoms with Crippen LogP contribution in [0.2, 0.25) is 0 Å². The van der Waals surface area contributed by atoms with E-state index in [0.717, 1.165) is 12.3 Å². The highest BCUT2D eigenvalue weighted by Gasteiger charge is 2.21. The van der Waals surface area contributed by atoms with E-state index >= 15 is 0 Å². The molecule has 1 atom stereocenters. The zero-order valence-corrected chi connectivity index (χ0v) is 9.74. The van der Waals surface area contributed by atoms with Gasteiger partial charge in [-0.15, -0.1) is 0 Å². The molecule has 0 spiro atoms. The first-order valence-electron chi connectivity index (χ1n) is 6.35. The molecule has 4 nitrogen and oxygen atoms in total. The molecule has 1 aliphatic carbocycles. The molecule has 1 aliphatic heterocycles. The van der Waals surface area contributed by atoms with Gasteiger partial charge in [-0.05, 0) is 19.3 Å². The van der Waals surface area contributed by atoms with Gasteiger partial charge in [0.15, 0.2) is 0 Å². The molecule has 0 radical (unpaired) electrons. The van der Waals surface area contributed by atoms with Crippen LogP contribution >= 0.6 is 0 Å². The van der Waals surface area contributed by atoms with Gasteiger partial charge in [0.25, 0.3) is 0 Å². The van der Waals surface area contributed by atoms with Crippen LogP contribution in [0, 0.1) is 5.92 Å². The monoisotopic (exact) mass is 223 g/mol. The number of nitrogens with zero attached hydrogens (tertiary/aromatic N) is 1. The van der Waals surface area contributed by atoms with Crippen molar-refractivity contribution in [1.82, 2.24) is 5.32 Å². The minimum absolute atomic E-state index is 0.141. The summed E-state index contributed by atoms with van der Waals surface area (Å²) in [6.07, 6.45) is 7.71. The third-order valence-corrected chi connectivity index (χ3v) is 3.59. The number of aliphatic imine (C=N–C) groups is 1. The van der Waals surface area contributed by atoms with Crippen molar-refractivity contribution < 1.29 is 4.79 Å². The van der Waals surface area contributed by atoms with Crippen molar-refractivity contribution in [3.8, 4) is 0 Å². The molecule has 1 saturated heterocycles. The van der Waals surface area contributed by atoms with Crippen molar-refractivity contribution in [2.45, 2.75) is 51.0 Å². The molecular formula is C12H21N3O. The molecule has 4 heteroatoms. The van der Waals surface area contributed by atoms with Gasteiger partial charge in [0, 0.05) is 18.9 Å². The predicted molar refractivity (Wildman–Crippen MR) is 64.2 cm³/mol. The van der Waals surface area contributed by atoms with Gasteiger partial charge < -0.3 is 11.1 Å². The lowest BCUT2D eigenvalue weighted by Crippen LogP contribution is -2.39. The summed E-state index contributed by atoms with van der Waals surface area (Å²) in [5, 5.41) is 2.84. The number of nitrogens with one attached hydrogen (secondary N) is 1. The van der Waals surface area contributed by atoms with E-state index in [9.17, 15) is 4.79 Å². The lowest BCUT2D eigenvalue weighted by atomic mass is 9.88. The highest BCUT2D eigenvalue weighted by molar-refractivity contribution is 5.83. The average Bonchev–Trinajstić information content (AvgIpc) is 2.33. The van der Waals surface area contributed by atoms with E-state index in [-0.39, 0.29) is 11.9 Å². The summed E-state index contributed by atoms with van der Waals surface area (Å²) in [7, 11) is 0. The molecule has 2 aliphatic rings. The number of amides is 1. The Kier molecular flexibility index (Phi) is 3.80. The van der Waals surface area contributed by atoms with Crippen molar-refractivity contribution in [1.29, 1.82) is 0 Å². The molecule has 2 rings (SSSR count). The number of carbonyl (C=O) groups is 1. The Labute approximate surface area is 96.7 Å². The number of hydrogen-bond donors (Lipinski definition) is 2. The molecule has 16 heavy (non-hydrogen) atoms. The van der Waals surface area contributed by atoms with Crippen LogP contribution in [0.3, 0.4) is 0 Å². The molecular weight excluding hydrogens is 202 g/mol. The third-order valence-electron chi connectivity index (χ3n) is 3.59. The van der Waals surface area contributed by atoms with Crippen molar-refractivity contribution in [2.75, 3.05) is 6.54 Å². The second-order valence-corrected chi connectivity index (χ2v) is 4.89. The van der Waals surface area contributed by atoms with Gasteiger partial charge in [-0.25, -0.2) is 0 Å². The topological polar surface area (TPSA) is 67.5 Å². The molecule has 1 unspecified atom stereocenters. The van der Waals surface area contributed by atoms with Crippen molar-refractivity contribution >= 4 is 11.7 Å². The molecule has 0 bridgehead atoms. The van der Waals surface area contributed by atoms with E-state index in [2.05, 4.69) is 10.3 Å². The van der Waals surface area contributed by atoms with Gasteiger partial charge in [0.2, 0.25) is 5.91 Å². The van der Waals surface area contributed by atoms with Gasteiger partial charge in [-0.3, -0.25) is 9.79 Å². The first-order valence-corrected chi connectivity index (χ1v) is 6.35. The van der Waals surface area contributed by atoms with E-state index in [0.29, 0.717) is 18.9 Å². The van der Waals surface area contributed by atoms with Crippen molar-refractivity contribution in [3.63, 3.8) is 0 Å². The summed E-state index contributed by atoms with van der Waals surface area (Å²) in [4.78, 5) is 15.6. The van der Waals surface area contributed by atoms with Gasteiger partial charge in [0.05, 0.1) is 11.9 Å². The van der Waals surface area contributed by atoms with Crippen LogP contribution in [-0.4, -0.2) is 24.3 Å². The largest absolute Gasteiger partial charge is 0.387 e. The van der Waals surface area contributed by atoms with Crippen molar-refractivity contribution in [2.24, 2.45) is 16.6 Å². The zero-order chi connectivity index (χ0) is 11.4. The smallest absolute Gasteiger partial charge is 0.220 e. The number of hydrogen-bond acceptors (Lipinski definition) is 2. The number of piperidine rings is 1. The number of rotatable bonds is 2. The van der Waals surface area contributed by atoms with Gasteiger partial charge >= 0.3 is 0 Å². The van der Waals surface area contributed by atoms with Gasteiger partial charge in [0.1, 0.15) is 0 Å². The highest BCUT2D eigenvalue weighted by atomic mass is 16.1. The predicted octanol–water partition coefficient (Wildman–Crippen LogP) is 1.20. The first kappa shape index (κ1) is 11.4. The Balaban J connectivity index is 1.87. The second kappa shape index (κ2) is 5.32. The number of nitrogens with two attached hydrogens (primary N) is 1. The Morgan fingerprint density at radius 3 is 2.62 bits per heavy atom. The quantitative estimate of drug-likeness (QED) is 0.545. The molecule has 1 heterocycles. The lowest BCUT2D eigenvalue weighted by molar-refractivity contribution is -0.122. The summed E-state index contributed by atoms with van der Waals surface area (Å²) in [6.45, 7) is 0.659. The molecule has 0 aromatic carbocycles. The van der Waals surface area contributed by atoms with Crippen LogP contribution < -0.4 is 11.1 Å². The maximum Gasteiger partial charge on any atom is 0.220 e. The summed E-state index contributed by atoms with van der Waals surface area (Å²) >= 11 is 0. The normalized spacial score (nSPS) is 28.9. The van der Waals surface area contributed by atoms with Crippen LogP contribution in [0.25, 0.3) is 0 Å². The first-order chi connectivity index (χ1) is 7.75. The SMILES string of the molecule is NC(=NC1CCC(=O)NC1)C1CCCCC1. The van der Waals surface area contributed by atoms with E-state index in [1.54, 1.807) is 0 Å². The molecule has 0 aromatic heterocycles. The summed E-state index contributed by atoms with van der Waals surface area (Å²) in [6, 6.07) is 0.208. The van der Waals surface area contributed by atoms with Gasteiger partial charge in [-0.2, -0.15) is 0 Å². The van der Waals surface area contributed by atoms with E-state index in [4.69, 9.17) is 5.73 Å². The molecule has 90 valence electrons. The molecule has 0 aromatic rings. The van der Waals surface area contributed by atoms with E-state index < -0.39 is 0 Å². The van der Waals surface area contributed by atoms with Crippen LogP contribution in [0.15, 0.2) is 4.99 Å². The Morgan fingerprint density at radius 1 is 1.25 bits per heavy atom. The standard InChI is InChI=1S/C12H21N3O/c13-12(9-4-2-1-3-5-9)15-10-6-7-11(16)14-8-10/h9-10H,1-8H2,(H2,13,15)(H,14,16). The summed E-state index contributed by atoms with van der Waals surface area (Å²) < 4.78 is 0. The summed E-state index contributed by atoms with van der Waals surface area (Å²) in [5.41, 5.74) is 6.05. The Bertz CT molecular complexity index is 272. The van der Waals surface area contributed by atoms with Crippen LogP contribution in [-0.2, 0) is 4.79 Å². The Morgan fingerprint density at radius 2 is 2.00 bits per heavy atom. The van der Waals surface area contributed by atoms with Gasteiger partial charge in [-0.1, -0.05) is 19.3 Å². The maximum atomic E-state index is 11.0. The number of carbonyl (C=O) groups excluding carboxylic acids is 1. The van der Waals surface area contributed by atoms with E-state index in [1.807, 2.05) is 0 Å². The molecule has 1 amide bonds. The summed E-state index contributed by atoms with van der Waals surface area (Å²) in [5.74, 6) is 1.45. The fraction of sp³-hybridized carbons (Fsp3) is 0.833. The van der Waals surface area contributed by atoms with Crippen LogP contribution in [0.5, 0.6) is 0 Å². The molecule has 2 fully saturated rings. The molecule has 1 saturated carbocycles. The maximum absolute atomic E-state index is 11.0. The minimum atomic E-state index is 0.141. The second-order valence-electron chi connectivity index (χ2n) is 4.89. The van der Waals surface area contributed by atoms with E-state index in [1.165, 1.54) is 32.1 Å². The Hall–Kier alpha value is -1.06. The fourth-order valence-electron chi connectivity index (χ4n) is 2.54. The van der Waals surface area contributed by atoms with Crippen molar-refractivity contribution in [3.05, 3.63) is 0 Å². The molecule has 3 N–H and O–H groups in total. The average molecular weight is 223 g/mol. The zero-order valence-electron chi connectivity index (χ0n) is 9.74. The number of amidine groups is 1. The fourth-order valence-corrected chi connectivity index (χ4v) is 2.54. The minimum Gasteiger partial charge on any atom is -0.387 e. The van der Waals surface area contributed by atoms with Crippen LogP contribution in [0.4, 0.5) is 0 Å². The lowest BCUT2D eigenvalue weighted by Gasteiger charge is -2.24. The van der Waals surface area contributed by atoms with Crippen LogP contribution in [0.1, 0.15) is 44.9 Å². The highest BCUT2D eigenvalue weighted by Crippen LogP contribution is 2.24.